The van der Waals surface area contributed by atoms with E-state index in [-0.39, 0.29) is 12.6 Å². The summed E-state index contributed by atoms with van der Waals surface area (Å²) in [4.78, 5) is 21.3. The van der Waals surface area contributed by atoms with Gasteiger partial charge >= 0.3 is 5.97 Å². The molecular formula is C24H22N4O2. The quantitative estimate of drug-likeness (QED) is 0.504. The normalized spacial score (nSPS) is 10.7. The summed E-state index contributed by atoms with van der Waals surface area (Å²) < 4.78 is 7.22. The monoisotopic (exact) mass is 398 g/mol. The molecule has 4 aromatic rings. The maximum Gasteiger partial charge on any atom is 0.355 e. The Hall–Kier alpha value is -3.93. The fourth-order valence-electron chi connectivity index (χ4n) is 3.33. The number of ether oxygens (including phenoxy) is 1. The van der Waals surface area contributed by atoms with E-state index in [9.17, 15) is 4.79 Å². The zero-order valence-corrected chi connectivity index (χ0v) is 16.9. The van der Waals surface area contributed by atoms with Gasteiger partial charge in [-0.25, -0.2) is 14.8 Å². The van der Waals surface area contributed by atoms with Crippen LogP contribution >= 0.6 is 0 Å². The minimum Gasteiger partial charge on any atom is -0.456 e. The maximum atomic E-state index is 12.6. The van der Waals surface area contributed by atoms with Gasteiger partial charge in [0.1, 0.15) is 12.3 Å². The van der Waals surface area contributed by atoms with Crippen LogP contribution in [0.15, 0.2) is 73.1 Å². The average Bonchev–Trinajstić information content (AvgIpc) is 3.14. The Kier molecular flexibility index (Phi) is 5.30. The van der Waals surface area contributed by atoms with Gasteiger partial charge in [-0.15, -0.1) is 0 Å². The van der Waals surface area contributed by atoms with E-state index < -0.39 is 5.97 Å². The van der Waals surface area contributed by atoms with Crippen LogP contribution in [-0.2, 0) is 18.4 Å². The van der Waals surface area contributed by atoms with Gasteiger partial charge in [0, 0.05) is 30.6 Å². The van der Waals surface area contributed by atoms with Crippen molar-refractivity contribution in [2.45, 2.75) is 13.5 Å². The van der Waals surface area contributed by atoms with Crippen LogP contribution in [0.5, 0.6) is 0 Å². The molecule has 150 valence electrons. The SMILES string of the molecule is Cc1cccc(-c2cnc(N)nc2-c2cc(C(=O)OCc3ccccc3)n(C)c2)c1. The van der Waals surface area contributed by atoms with Crippen LogP contribution in [0.2, 0.25) is 0 Å². The summed E-state index contributed by atoms with van der Waals surface area (Å²) >= 11 is 0. The van der Waals surface area contributed by atoms with Crippen molar-refractivity contribution in [3.8, 4) is 22.4 Å². The van der Waals surface area contributed by atoms with Gasteiger partial charge in [-0.05, 0) is 24.1 Å². The molecule has 0 atom stereocenters. The lowest BCUT2D eigenvalue weighted by Gasteiger charge is -2.08. The van der Waals surface area contributed by atoms with Crippen molar-refractivity contribution >= 4 is 11.9 Å². The molecule has 2 N–H and O–H groups in total. The molecule has 0 saturated heterocycles. The minimum absolute atomic E-state index is 0.179. The summed E-state index contributed by atoms with van der Waals surface area (Å²) in [6, 6.07) is 19.4. The molecule has 0 radical (unpaired) electrons. The van der Waals surface area contributed by atoms with Crippen LogP contribution < -0.4 is 5.73 Å². The Balaban J connectivity index is 1.66. The Morgan fingerprint density at radius 3 is 2.63 bits per heavy atom. The van der Waals surface area contributed by atoms with Gasteiger partial charge in [0.25, 0.3) is 0 Å². The lowest BCUT2D eigenvalue weighted by molar-refractivity contribution is 0.0461. The fourth-order valence-corrected chi connectivity index (χ4v) is 3.33. The number of nitrogens with zero attached hydrogens (tertiary/aromatic N) is 3. The van der Waals surface area contributed by atoms with Gasteiger partial charge in [0.2, 0.25) is 5.95 Å². The first-order valence-corrected chi connectivity index (χ1v) is 9.58. The predicted molar refractivity (Wildman–Crippen MR) is 117 cm³/mol. The molecule has 0 saturated carbocycles. The third kappa shape index (κ3) is 4.07. The first-order chi connectivity index (χ1) is 14.5. The number of aryl methyl sites for hydroxylation is 2. The van der Waals surface area contributed by atoms with Crippen LogP contribution in [0.1, 0.15) is 21.6 Å². The average molecular weight is 398 g/mol. The van der Waals surface area contributed by atoms with E-state index in [0.29, 0.717) is 11.4 Å². The Bertz CT molecular complexity index is 1200. The van der Waals surface area contributed by atoms with Gasteiger partial charge in [-0.1, -0.05) is 60.2 Å². The Morgan fingerprint density at radius 2 is 1.87 bits per heavy atom. The van der Waals surface area contributed by atoms with Crippen LogP contribution in [0.3, 0.4) is 0 Å². The van der Waals surface area contributed by atoms with Gasteiger partial charge in [-0.2, -0.15) is 0 Å². The molecule has 0 aliphatic rings. The van der Waals surface area contributed by atoms with Crippen LogP contribution in [0.4, 0.5) is 5.95 Å². The highest BCUT2D eigenvalue weighted by molar-refractivity contribution is 5.91. The summed E-state index contributed by atoms with van der Waals surface area (Å²) in [6.07, 6.45) is 3.56. The van der Waals surface area contributed by atoms with Crippen LogP contribution in [0.25, 0.3) is 22.4 Å². The first kappa shape index (κ1) is 19.4. The summed E-state index contributed by atoms with van der Waals surface area (Å²) in [6.45, 7) is 2.25. The third-order valence-electron chi connectivity index (χ3n) is 4.84. The molecule has 2 aromatic carbocycles. The van der Waals surface area contributed by atoms with Crippen molar-refractivity contribution in [3.05, 3.63) is 89.9 Å². The molecule has 0 amide bonds. The second kappa shape index (κ2) is 8.21. The molecule has 0 aliphatic heterocycles. The van der Waals surface area contributed by atoms with E-state index >= 15 is 0 Å². The smallest absolute Gasteiger partial charge is 0.355 e. The van der Waals surface area contributed by atoms with Gasteiger partial charge < -0.3 is 15.0 Å². The van der Waals surface area contributed by atoms with E-state index in [1.165, 1.54) is 0 Å². The molecule has 0 aliphatic carbocycles. The zero-order chi connectivity index (χ0) is 21.1. The number of benzene rings is 2. The van der Waals surface area contributed by atoms with E-state index in [1.54, 1.807) is 23.9 Å². The number of carbonyl (C=O) groups excluding carboxylic acids is 1. The molecule has 0 fully saturated rings. The molecular weight excluding hydrogens is 376 g/mol. The van der Waals surface area contributed by atoms with Crippen LogP contribution in [0, 0.1) is 6.92 Å². The van der Waals surface area contributed by atoms with Gasteiger partial charge in [-0.3, -0.25) is 0 Å². The zero-order valence-electron chi connectivity index (χ0n) is 16.9. The Labute approximate surface area is 175 Å². The molecule has 0 unspecified atom stereocenters. The highest BCUT2D eigenvalue weighted by atomic mass is 16.5. The number of hydrogen-bond acceptors (Lipinski definition) is 5. The summed E-state index contributed by atoms with van der Waals surface area (Å²) in [7, 11) is 1.81. The largest absolute Gasteiger partial charge is 0.456 e. The first-order valence-electron chi connectivity index (χ1n) is 9.58. The molecule has 0 bridgehead atoms. The topological polar surface area (TPSA) is 83.0 Å². The number of anilines is 1. The maximum absolute atomic E-state index is 12.6. The summed E-state index contributed by atoms with van der Waals surface area (Å²) in [5.41, 5.74) is 11.7. The van der Waals surface area contributed by atoms with Crippen molar-refractivity contribution in [2.24, 2.45) is 7.05 Å². The lowest BCUT2D eigenvalue weighted by atomic mass is 10.0. The van der Waals surface area contributed by atoms with E-state index in [4.69, 9.17) is 10.5 Å². The van der Waals surface area contributed by atoms with Gasteiger partial charge in [0.15, 0.2) is 0 Å². The van der Waals surface area contributed by atoms with E-state index in [0.717, 1.165) is 27.8 Å². The molecule has 2 aromatic heterocycles. The van der Waals surface area contributed by atoms with Crippen molar-refractivity contribution < 1.29 is 9.53 Å². The number of carbonyl (C=O) groups is 1. The second-order valence-corrected chi connectivity index (χ2v) is 7.15. The number of esters is 1. The highest BCUT2D eigenvalue weighted by Gasteiger charge is 2.18. The van der Waals surface area contributed by atoms with Crippen molar-refractivity contribution in [2.75, 3.05) is 5.73 Å². The van der Waals surface area contributed by atoms with Crippen molar-refractivity contribution in [1.82, 2.24) is 14.5 Å². The third-order valence-corrected chi connectivity index (χ3v) is 4.84. The van der Waals surface area contributed by atoms with Crippen molar-refractivity contribution in [1.29, 1.82) is 0 Å². The molecule has 30 heavy (non-hydrogen) atoms. The second-order valence-electron chi connectivity index (χ2n) is 7.15. The van der Waals surface area contributed by atoms with Crippen LogP contribution in [-0.4, -0.2) is 20.5 Å². The number of nitrogens with two attached hydrogens (primary N) is 1. The summed E-state index contributed by atoms with van der Waals surface area (Å²) in [5, 5.41) is 0. The number of aromatic nitrogens is 3. The Morgan fingerprint density at radius 1 is 1.07 bits per heavy atom. The number of hydrogen-bond donors (Lipinski definition) is 1. The van der Waals surface area contributed by atoms with E-state index in [2.05, 4.69) is 16.0 Å². The number of rotatable bonds is 5. The fraction of sp³-hybridized carbons (Fsp3) is 0.125. The minimum atomic E-state index is -0.397. The highest BCUT2D eigenvalue weighted by Crippen LogP contribution is 2.32. The van der Waals surface area contributed by atoms with Crippen molar-refractivity contribution in [3.63, 3.8) is 0 Å². The number of nitrogen functional groups attached to an aromatic ring is 1. The molecule has 6 nitrogen and oxygen atoms in total. The van der Waals surface area contributed by atoms with Gasteiger partial charge in [0.05, 0.1) is 5.69 Å². The summed E-state index contributed by atoms with van der Waals surface area (Å²) in [5.74, 6) is -0.217. The molecule has 0 spiro atoms. The molecule has 2 heterocycles. The predicted octanol–water partition coefficient (Wildman–Crippen LogP) is 4.40. The molecule has 6 heteroatoms. The standard InChI is InChI=1S/C24H22N4O2/c1-16-7-6-10-18(11-16)20-13-26-24(25)27-22(20)19-12-21(28(2)14-19)23(29)30-15-17-8-4-3-5-9-17/h3-14H,15H2,1-2H3,(H2,25,26,27). The van der Waals surface area contributed by atoms with E-state index in [1.807, 2.05) is 61.7 Å². The lowest BCUT2D eigenvalue weighted by Crippen LogP contribution is -2.09. The molecule has 4 rings (SSSR count).